The number of hydrogen-bond donors (Lipinski definition) is 1. The smallest absolute Gasteiger partial charge is 0.410 e. The zero-order valence-corrected chi connectivity index (χ0v) is 16.6. The summed E-state index contributed by atoms with van der Waals surface area (Å²) in [6, 6.07) is 1.28. The Morgan fingerprint density at radius 1 is 1.15 bits per heavy atom. The summed E-state index contributed by atoms with van der Waals surface area (Å²) in [4.78, 5) is 26.8. The van der Waals surface area contributed by atoms with Crippen molar-refractivity contribution < 1.29 is 18.8 Å². The van der Waals surface area contributed by atoms with E-state index in [-0.39, 0.29) is 5.91 Å². The van der Waals surface area contributed by atoms with Crippen LogP contribution in [0, 0.1) is 0 Å². The normalized spacial score (nSPS) is 21.7. The summed E-state index contributed by atoms with van der Waals surface area (Å²) >= 11 is 0. The molecule has 150 valence electrons. The van der Waals surface area contributed by atoms with Gasteiger partial charge in [-0.05, 0) is 52.9 Å². The first-order valence-corrected chi connectivity index (χ1v) is 10.1. The molecule has 7 heteroatoms. The van der Waals surface area contributed by atoms with Gasteiger partial charge in [-0.25, -0.2) is 4.79 Å². The third-order valence-corrected chi connectivity index (χ3v) is 5.23. The molecule has 0 spiro atoms. The predicted octanol–water partition coefficient (Wildman–Crippen LogP) is 4.45. The monoisotopic (exact) mass is 377 g/mol. The summed E-state index contributed by atoms with van der Waals surface area (Å²) in [5.74, 6) is 0.531. The number of hydrogen-bond acceptors (Lipinski definition) is 5. The molecule has 2 amide bonds. The molecule has 1 aromatic heterocycles. The second kappa shape index (κ2) is 8.31. The first kappa shape index (κ1) is 19.7. The van der Waals surface area contributed by atoms with Crippen LogP contribution < -0.4 is 5.32 Å². The van der Waals surface area contributed by atoms with E-state index in [9.17, 15) is 9.59 Å². The SMILES string of the molecule is CC(C)(C)OC(=O)N1CCCCC1C(=O)Nc1cc(C2CCCCC2)no1. The fraction of sp³-hybridized carbons (Fsp3) is 0.750. The van der Waals surface area contributed by atoms with Gasteiger partial charge in [0.15, 0.2) is 0 Å². The van der Waals surface area contributed by atoms with E-state index in [1.54, 1.807) is 0 Å². The van der Waals surface area contributed by atoms with E-state index in [0.29, 0.717) is 24.8 Å². The van der Waals surface area contributed by atoms with Gasteiger partial charge in [-0.1, -0.05) is 24.4 Å². The average molecular weight is 377 g/mol. The van der Waals surface area contributed by atoms with Gasteiger partial charge in [0.25, 0.3) is 0 Å². The van der Waals surface area contributed by atoms with E-state index < -0.39 is 17.7 Å². The zero-order valence-electron chi connectivity index (χ0n) is 16.6. The largest absolute Gasteiger partial charge is 0.444 e. The Morgan fingerprint density at radius 3 is 2.56 bits per heavy atom. The van der Waals surface area contributed by atoms with Crippen molar-refractivity contribution in [3.05, 3.63) is 11.8 Å². The minimum absolute atomic E-state index is 0.244. The van der Waals surface area contributed by atoms with E-state index in [1.165, 1.54) is 24.2 Å². The molecule has 1 atom stereocenters. The van der Waals surface area contributed by atoms with Gasteiger partial charge in [0.1, 0.15) is 11.6 Å². The average Bonchev–Trinajstić information content (AvgIpc) is 3.09. The summed E-state index contributed by atoms with van der Waals surface area (Å²) in [5.41, 5.74) is 0.327. The first-order valence-electron chi connectivity index (χ1n) is 10.1. The molecule has 7 nitrogen and oxygen atoms in total. The second-order valence-corrected chi connectivity index (χ2v) is 8.63. The topological polar surface area (TPSA) is 84.7 Å². The highest BCUT2D eigenvalue weighted by Gasteiger charge is 2.35. The molecule has 27 heavy (non-hydrogen) atoms. The van der Waals surface area contributed by atoms with Crippen LogP contribution in [0.3, 0.4) is 0 Å². The third kappa shape index (κ3) is 5.23. The number of amides is 2. The Kier molecular flexibility index (Phi) is 6.07. The molecule has 2 aliphatic rings. The molecule has 2 fully saturated rings. The Hall–Kier alpha value is -2.05. The molecule has 0 radical (unpaired) electrons. The lowest BCUT2D eigenvalue weighted by atomic mass is 9.87. The van der Waals surface area contributed by atoms with E-state index >= 15 is 0 Å². The van der Waals surface area contributed by atoms with Crippen molar-refractivity contribution in [2.75, 3.05) is 11.9 Å². The van der Waals surface area contributed by atoms with Crippen molar-refractivity contribution >= 4 is 17.9 Å². The van der Waals surface area contributed by atoms with E-state index in [4.69, 9.17) is 9.26 Å². The Balaban J connectivity index is 1.63. The maximum absolute atomic E-state index is 12.8. The van der Waals surface area contributed by atoms with Gasteiger partial charge < -0.3 is 9.26 Å². The zero-order chi connectivity index (χ0) is 19.4. The van der Waals surface area contributed by atoms with Crippen molar-refractivity contribution in [2.24, 2.45) is 0 Å². The number of carbonyl (C=O) groups excluding carboxylic acids is 2. The molecule has 0 bridgehead atoms. The number of rotatable bonds is 3. The summed E-state index contributed by atoms with van der Waals surface area (Å²) < 4.78 is 10.8. The molecule has 2 heterocycles. The lowest BCUT2D eigenvalue weighted by Crippen LogP contribution is -2.51. The highest BCUT2D eigenvalue weighted by Crippen LogP contribution is 2.33. The van der Waals surface area contributed by atoms with Gasteiger partial charge in [-0.3, -0.25) is 15.0 Å². The molecular formula is C20H31N3O4. The van der Waals surface area contributed by atoms with Crippen LogP contribution in [-0.4, -0.2) is 40.2 Å². The number of nitrogens with one attached hydrogen (secondary N) is 1. The first-order chi connectivity index (χ1) is 12.8. The third-order valence-electron chi connectivity index (χ3n) is 5.23. The van der Waals surface area contributed by atoms with Crippen molar-refractivity contribution in [1.82, 2.24) is 10.1 Å². The standard InChI is InChI=1S/C20H31N3O4/c1-20(2,3)26-19(25)23-12-8-7-11-16(23)18(24)21-17-13-15(22-27-17)14-9-5-4-6-10-14/h13-14,16H,4-12H2,1-3H3,(H,21,24). The Bertz CT molecular complexity index is 658. The number of piperidine rings is 1. The van der Waals surface area contributed by atoms with Gasteiger partial charge in [-0.15, -0.1) is 0 Å². The van der Waals surface area contributed by atoms with Crippen molar-refractivity contribution in [2.45, 2.75) is 89.7 Å². The fourth-order valence-corrected chi connectivity index (χ4v) is 3.89. The summed E-state index contributed by atoms with van der Waals surface area (Å²) in [6.07, 6.45) is 7.90. The van der Waals surface area contributed by atoms with Crippen molar-refractivity contribution in [3.63, 3.8) is 0 Å². The molecule has 1 unspecified atom stereocenters. The molecule has 0 aromatic carbocycles. The van der Waals surface area contributed by atoms with E-state index in [2.05, 4.69) is 10.5 Å². The number of ether oxygens (including phenoxy) is 1. The minimum atomic E-state index is -0.588. The van der Waals surface area contributed by atoms with Crippen LogP contribution in [0.1, 0.15) is 83.7 Å². The highest BCUT2D eigenvalue weighted by atomic mass is 16.6. The maximum atomic E-state index is 12.8. The molecule has 1 saturated heterocycles. The van der Waals surface area contributed by atoms with Crippen molar-refractivity contribution in [1.29, 1.82) is 0 Å². The number of nitrogens with zero attached hydrogens (tertiary/aromatic N) is 2. The lowest BCUT2D eigenvalue weighted by Gasteiger charge is -2.35. The minimum Gasteiger partial charge on any atom is -0.444 e. The fourth-order valence-electron chi connectivity index (χ4n) is 3.89. The molecule has 3 rings (SSSR count). The van der Waals surface area contributed by atoms with Crippen molar-refractivity contribution in [3.8, 4) is 0 Å². The number of likely N-dealkylation sites (tertiary alicyclic amines) is 1. The summed E-state index contributed by atoms with van der Waals surface area (Å²) in [6.45, 7) is 6.00. The van der Waals surface area contributed by atoms with Gasteiger partial charge in [0.2, 0.25) is 11.8 Å². The van der Waals surface area contributed by atoms with E-state index in [0.717, 1.165) is 31.4 Å². The van der Waals surface area contributed by atoms with Gasteiger partial charge in [-0.2, -0.15) is 0 Å². The number of carbonyl (C=O) groups is 2. The van der Waals surface area contributed by atoms with Gasteiger partial charge in [0.05, 0.1) is 5.69 Å². The molecule has 1 aromatic rings. The van der Waals surface area contributed by atoms with E-state index in [1.807, 2.05) is 26.8 Å². The van der Waals surface area contributed by atoms with Gasteiger partial charge >= 0.3 is 6.09 Å². The lowest BCUT2D eigenvalue weighted by molar-refractivity contribution is -0.122. The molecule has 1 N–H and O–H groups in total. The summed E-state index contributed by atoms with van der Waals surface area (Å²) in [5, 5.41) is 6.95. The number of anilines is 1. The van der Waals surface area contributed by atoms with Crippen LogP contribution in [0.5, 0.6) is 0 Å². The van der Waals surface area contributed by atoms with Crippen LogP contribution in [0.15, 0.2) is 10.6 Å². The quantitative estimate of drug-likeness (QED) is 0.841. The predicted molar refractivity (Wildman–Crippen MR) is 102 cm³/mol. The molecular weight excluding hydrogens is 346 g/mol. The highest BCUT2D eigenvalue weighted by molar-refractivity contribution is 5.95. The number of aromatic nitrogens is 1. The second-order valence-electron chi connectivity index (χ2n) is 8.63. The maximum Gasteiger partial charge on any atom is 0.410 e. The Morgan fingerprint density at radius 2 is 1.85 bits per heavy atom. The molecule has 1 saturated carbocycles. The molecule has 1 aliphatic carbocycles. The van der Waals surface area contributed by atoms with Crippen LogP contribution in [-0.2, 0) is 9.53 Å². The van der Waals surface area contributed by atoms with Crippen LogP contribution in [0.25, 0.3) is 0 Å². The summed E-state index contributed by atoms with van der Waals surface area (Å²) in [7, 11) is 0. The van der Waals surface area contributed by atoms with Crippen LogP contribution in [0.4, 0.5) is 10.7 Å². The van der Waals surface area contributed by atoms with Crippen LogP contribution >= 0.6 is 0 Å². The molecule has 1 aliphatic heterocycles. The van der Waals surface area contributed by atoms with Crippen LogP contribution in [0.2, 0.25) is 0 Å². The Labute approximate surface area is 160 Å². The van der Waals surface area contributed by atoms with Gasteiger partial charge in [0, 0.05) is 18.5 Å².